The molecule has 2 aliphatic rings. The molecule has 2 fully saturated rings. The van der Waals surface area contributed by atoms with Crippen LogP contribution in [-0.4, -0.2) is 71.9 Å². The molecule has 2 aliphatic heterocycles. The van der Waals surface area contributed by atoms with E-state index in [4.69, 9.17) is 19.9 Å². The highest BCUT2D eigenvalue weighted by Crippen LogP contribution is 2.14. The number of likely N-dealkylation sites (tertiary alicyclic amines) is 2. The average molecular weight is 557 g/mol. The molecule has 2 saturated heterocycles. The van der Waals surface area contributed by atoms with Crippen molar-refractivity contribution in [2.45, 2.75) is 71.9 Å². The van der Waals surface area contributed by atoms with Crippen molar-refractivity contribution >= 4 is 18.3 Å². The van der Waals surface area contributed by atoms with E-state index in [1.54, 1.807) is 9.80 Å². The van der Waals surface area contributed by atoms with Gasteiger partial charge in [-0.15, -0.1) is 0 Å². The van der Waals surface area contributed by atoms with Gasteiger partial charge in [-0.2, -0.15) is 0 Å². The van der Waals surface area contributed by atoms with Gasteiger partial charge in [-0.05, 0) is 44.7 Å². The van der Waals surface area contributed by atoms with Crippen molar-refractivity contribution in [3.05, 3.63) is 71.8 Å². The van der Waals surface area contributed by atoms with Gasteiger partial charge in [0, 0.05) is 32.2 Å². The van der Waals surface area contributed by atoms with Gasteiger partial charge in [-0.1, -0.05) is 68.1 Å². The van der Waals surface area contributed by atoms with Crippen molar-refractivity contribution in [3.63, 3.8) is 0 Å². The summed E-state index contributed by atoms with van der Waals surface area (Å²) in [7, 11) is 0. The lowest BCUT2D eigenvalue weighted by molar-refractivity contribution is 0.0502. The molecule has 3 N–H and O–H groups in total. The van der Waals surface area contributed by atoms with Crippen LogP contribution in [0.4, 0.5) is 14.4 Å². The monoisotopic (exact) mass is 556 g/mol. The van der Waals surface area contributed by atoms with E-state index in [0.29, 0.717) is 39.2 Å². The third kappa shape index (κ3) is 11.5. The van der Waals surface area contributed by atoms with Crippen LogP contribution in [0.2, 0.25) is 0 Å². The normalized spacial score (nSPS) is 18.1. The number of ether oxygens (including phenoxy) is 3. The molecule has 40 heavy (non-hydrogen) atoms. The van der Waals surface area contributed by atoms with Gasteiger partial charge < -0.3 is 35.1 Å². The second-order valence-corrected chi connectivity index (χ2v) is 10.7. The van der Waals surface area contributed by atoms with Crippen LogP contribution in [0, 0.1) is 0 Å². The Balaban J connectivity index is 0.000000290. The van der Waals surface area contributed by atoms with Gasteiger partial charge in [0.05, 0.1) is 6.04 Å². The first-order chi connectivity index (χ1) is 18.6. The van der Waals surface area contributed by atoms with E-state index in [2.05, 4.69) is 5.32 Å². The van der Waals surface area contributed by atoms with Crippen LogP contribution >= 0.6 is 0 Å². The molecule has 2 atom stereocenters. The summed E-state index contributed by atoms with van der Waals surface area (Å²) in [6.07, 6.45) is 0.473. The number of carbonyl (C=O) groups is 3. The van der Waals surface area contributed by atoms with Crippen LogP contribution in [-0.2, 0) is 27.4 Å². The Labute approximate surface area is 237 Å². The first-order valence-electron chi connectivity index (χ1n) is 13.3. The van der Waals surface area contributed by atoms with E-state index in [1.807, 2.05) is 81.4 Å². The van der Waals surface area contributed by atoms with Crippen molar-refractivity contribution in [1.82, 2.24) is 15.1 Å². The van der Waals surface area contributed by atoms with Crippen molar-refractivity contribution in [2.75, 3.05) is 26.2 Å². The Morgan fingerprint density at radius 2 is 1.30 bits per heavy atom. The van der Waals surface area contributed by atoms with Crippen molar-refractivity contribution in [1.29, 1.82) is 0 Å². The summed E-state index contributed by atoms with van der Waals surface area (Å²) in [5.74, 6) is 0. The number of amides is 3. The van der Waals surface area contributed by atoms with E-state index in [-0.39, 0.29) is 38.3 Å². The maximum absolute atomic E-state index is 12.0. The zero-order chi connectivity index (χ0) is 28.3. The predicted molar refractivity (Wildman–Crippen MR) is 153 cm³/mol. The molecule has 4 rings (SSSR count). The summed E-state index contributed by atoms with van der Waals surface area (Å²) < 4.78 is 15.7. The molecule has 0 saturated carbocycles. The van der Waals surface area contributed by atoms with Gasteiger partial charge in [0.15, 0.2) is 0 Å². The summed E-state index contributed by atoms with van der Waals surface area (Å²) in [6, 6.07) is 19.2. The largest absolute Gasteiger partial charge is 0.445 e. The smallest absolute Gasteiger partial charge is 0.410 e. The zero-order valence-corrected chi connectivity index (χ0v) is 23.0. The summed E-state index contributed by atoms with van der Waals surface area (Å²) in [4.78, 5) is 38.6. The number of nitrogens with zero attached hydrogens (tertiary/aromatic N) is 2. The van der Waals surface area contributed by atoms with E-state index < -0.39 is 11.7 Å². The number of benzene rings is 2. The highest BCUT2D eigenvalue weighted by molar-refractivity contribution is 5.70. The van der Waals surface area contributed by atoms with E-state index in [1.165, 1.54) is 0 Å². The van der Waals surface area contributed by atoms with Gasteiger partial charge in [0.1, 0.15) is 18.8 Å². The fourth-order valence-corrected chi connectivity index (χ4v) is 4.09. The minimum Gasteiger partial charge on any atom is -0.445 e. The number of alkyl carbamates (subject to hydrolysis) is 1. The molecule has 2 heterocycles. The number of rotatable bonds is 5. The molecule has 220 valence electrons. The fraction of sp³-hybridized carbons (Fsp3) is 0.500. The Morgan fingerprint density at radius 1 is 0.825 bits per heavy atom. The molecule has 0 radical (unpaired) electrons. The number of nitrogens with one attached hydrogen (secondary N) is 1. The lowest BCUT2D eigenvalue weighted by Gasteiger charge is -2.22. The molecular formula is C30H44N4O6. The average Bonchev–Trinajstić information content (AvgIpc) is 3.55. The van der Waals surface area contributed by atoms with E-state index in [0.717, 1.165) is 17.5 Å². The van der Waals surface area contributed by atoms with Crippen LogP contribution in [0.25, 0.3) is 0 Å². The minimum atomic E-state index is -0.531. The molecule has 0 aromatic heterocycles. The van der Waals surface area contributed by atoms with E-state index in [9.17, 15) is 14.4 Å². The highest BCUT2D eigenvalue weighted by atomic mass is 16.6. The van der Waals surface area contributed by atoms with Crippen molar-refractivity contribution in [2.24, 2.45) is 5.73 Å². The Bertz CT molecular complexity index is 1060. The topological polar surface area (TPSA) is 123 Å². The van der Waals surface area contributed by atoms with Crippen molar-refractivity contribution in [3.8, 4) is 0 Å². The first kappa shape index (κ1) is 32.4. The van der Waals surface area contributed by atoms with Gasteiger partial charge in [-0.3, -0.25) is 0 Å². The van der Waals surface area contributed by atoms with Gasteiger partial charge in [0.2, 0.25) is 0 Å². The Morgan fingerprint density at radius 3 is 1.75 bits per heavy atom. The van der Waals surface area contributed by atoms with Gasteiger partial charge in [-0.25, -0.2) is 14.4 Å². The summed E-state index contributed by atoms with van der Waals surface area (Å²) in [5.41, 5.74) is 7.14. The van der Waals surface area contributed by atoms with Crippen molar-refractivity contribution < 1.29 is 28.6 Å². The summed E-state index contributed by atoms with van der Waals surface area (Å²) in [5, 5.41) is 2.78. The third-order valence-electron chi connectivity index (χ3n) is 6.06. The number of hydrogen-bond donors (Lipinski definition) is 2. The fourth-order valence-electron chi connectivity index (χ4n) is 4.09. The van der Waals surface area contributed by atoms with Gasteiger partial charge >= 0.3 is 18.3 Å². The predicted octanol–water partition coefficient (Wildman–Crippen LogP) is 4.91. The summed E-state index contributed by atoms with van der Waals surface area (Å²) in [6.45, 7) is 8.33. The molecule has 0 spiro atoms. The van der Waals surface area contributed by atoms with Gasteiger partial charge in [0.25, 0.3) is 0 Å². The third-order valence-corrected chi connectivity index (χ3v) is 6.06. The number of carbonyl (C=O) groups excluding carboxylic acids is 3. The lowest BCUT2D eigenvalue weighted by Crippen LogP contribution is -2.41. The molecule has 0 bridgehead atoms. The molecule has 10 nitrogen and oxygen atoms in total. The lowest BCUT2D eigenvalue weighted by atomic mass is 10.2. The molecule has 10 heteroatoms. The van der Waals surface area contributed by atoms with Crippen LogP contribution in [0.5, 0.6) is 0 Å². The van der Waals surface area contributed by atoms with Crippen LogP contribution in [0.3, 0.4) is 0 Å². The first-order valence-corrected chi connectivity index (χ1v) is 13.3. The Hall–Kier alpha value is -3.79. The Kier molecular flexibility index (Phi) is 12.7. The highest BCUT2D eigenvalue weighted by Gasteiger charge is 2.29. The maximum Gasteiger partial charge on any atom is 0.410 e. The number of nitrogens with two attached hydrogens (primary N) is 1. The van der Waals surface area contributed by atoms with Crippen LogP contribution < -0.4 is 11.1 Å². The molecule has 2 aromatic rings. The molecule has 2 aromatic carbocycles. The SMILES string of the molecule is C.CC(C)(C)OC(=O)NC1CCN(C(=O)OCc2ccccc2)C1.NC1CCN(C(=O)OCc2ccccc2)C1. The second kappa shape index (κ2) is 15.7. The maximum atomic E-state index is 12.0. The second-order valence-electron chi connectivity index (χ2n) is 10.7. The van der Waals surface area contributed by atoms with Crippen LogP contribution in [0.15, 0.2) is 60.7 Å². The zero-order valence-electron chi connectivity index (χ0n) is 23.0. The minimum absolute atomic E-state index is 0. The van der Waals surface area contributed by atoms with E-state index >= 15 is 0 Å². The molecular weight excluding hydrogens is 512 g/mol. The molecule has 3 amide bonds. The quantitative estimate of drug-likeness (QED) is 0.501. The standard InChI is InChI=1S/C17H24N2O4.C12H16N2O2.CH4/c1-17(2,3)23-15(20)18-14-9-10-19(11-14)16(21)22-12-13-7-5-4-6-8-13;13-11-6-7-14(8-11)12(15)16-9-10-4-2-1-3-5-10;/h4-8,14H,9-12H2,1-3H3,(H,18,20);1-5,11H,6-9,13H2;1H4. The van der Waals surface area contributed by atoms with Crippen LogP contribution in [0.1, 0.15) is 52.2 Å². The molecule has 0 aliphatic carbocycles. The summed E-state index contributed by atoms with van der Waals surface area (Å²) >= 11 is 0. The molecule has 2 unspecified atom stereocenters. The number of hydrogen-bond acceptors (Lipinski definition) is 7.